The van der Waals surface area contributed by atoms with E-state index in [0.29, 0.717) is 6.10 Å². The molecule has 4 heteroatoms. The smallest absolute Gasteiger partial charge is 0.0700 e. The molecule has 0 bridgehead atoms. The van der Waals surface area contributed by atoms with Crippen LogP contribution in [0.1, 0.15) is 18.9 Å². The van der Waals surface area contributed by atoms with Crippen molar-refractivity contribution in [2.45, 2.75) is 26.0 Å². The number of rotatable bonds is 3. The largest absolute Gasteiger partial charge is 0.398 e. The number of hydrogen-bond donors (Lipinski definition) is 1. The molecular formula is C13H19BrN2O. The van der Waals surface area contributed by atoms with Crippen molar-refractivity contribution in [1.29, 1.82) is 0 Å². The number of morpholine rings is 1. The predicted molar refractivity (Wildman–Crippen MR) is 73.9 cm³/mol. The van der Waals surface area contributed by atoms with Crippen molar-refractivity contribution < 1.29 is 4.74 Å². The highest BCUT2D eigenvalue weighted by molar-refractivity contribution is 9.10. The number of hydrogen-bond acceptors (Lipinski definition) is 3. The van der Waals surface area contributed by atoms with Crippen molar-refractivity contribution in [3.63, 3.8) is 0 Å². The van der Waals surface area contributed by atoms with Crippen molar-refractivity contribution >= 4 is 21.6 Å². The summed E-state index contributed by atoms with van der Waals surface area (Å²) in [6.07, 6.45) is 1.47. The van der Waals surface area contributed by atoms with Gasteiger partial charge < -0.3 is 10.5 Å². The quantitative estimate of drug-likeness (QED) is 0.872. The van der Waals surface area contributed by atoms with Gasteiger partial charge in [-0.1, -0.05) is 13.0 Å². The molecule has 1 aromatic rings. The zero-order valence-corrected chi connectivity index (χ0v) is 11.7. The molecular weight excluding hydrogens is 280 g/mol. The summed E-state index contributed by atoms with van der Waals surface area (Å²) in [6, 6.07) is 6.18. The second-order valence-corrected chi connectivity index (χ2v) is 5.35. The molecule has 0 aliphatic carbocycles. The van der Waals surface area contributed by atoms with Crippen molar-refractivity contribution in [1.82, 2.24) is 4.90 Å². The van der Waals surface area contributed by atoms with Gasteiger partial charge in [-0.15, -0.1) is 0 Å². The predicted octanol–water partition coefficient (Wildman–Crippen LogP) is 2.64. The Balaban J connectivity index is 1.97. The Bertz CT molecular complexity index is 384. The van der Waals surface area contributed by atoms with Gasteiger partial charge in [-0.2, -0.15) is 0 Å². The molecule has 0 saturated carbocycles. The van der Waals surface area contributed by atoms with Gasteiger partial charge in [-0.3, -0.25) is 4.90 Å². The first-order chi connectivity index (χ1) is 8.19. The maximum absolute atomic E-state index is 5.89. The summed E-state index contributed by atoms with van der Waals surface area (Å²) in [7, 11) is 0. The van der Waals surface area contributed by atoms with Crippen molar-refractivity contribution in [3.05, 3.63) is 28.2 Å². The van der Waals surface area contributed by atoms with Gasteiger partial charge in [0.15, 0.2) is 0 Å². The van der Waals surface area contributed by atoms with Crippen LogP contribution in [0.25, 0.3) is 0 Å². The van der Waals surface area contributed by atoms with Gasteiger partial charge in [0.2, 0.25) is 0 Å². The Labute approximate surface area is 111 Å². The van der Waals surface area contributed by atoms with Crippen LogP contribution in [0.3, 0.4) is 0 Å². The third-order valence-electron chi connectivity index (χ3n) is 3.14. The van der Waals surface area contributed by atoms with Crippen LogP contribution >= 0.6 is 15.9 Å². The van der Waals surface area contributed by atoms with E-state index in [9.17, 15) is 0 Å². The van der Waals surface area contributed by atoms with Gasteiger partial charge in [-0.25, -0.2) is 0 Å². The van der Waals surface area contributed by atoms with Gasteiger partial charge in [-0.05, 0) is 40.0 Å². The minimum Gasteiger partial charge on any atom is -0.398 e. The van der Waals surface area contributed by atoms with E-state index in [1.54, 1.807) is 0 Å². The molecule has 0 aromatic heterocycles. The van der Waals surface area contributed by atoms with Crippen LogP contribution in [-0.2, 0) is 11.3 Å². The number of nitrogens with zero attached hydrogens (tertiary/aromatic N) is 1. The van der Waals surface area contributed by atoms with Crippen LogP contribution < -0.4 is 5.73 Å². The minimum absolute atomic E-state index is 0.386. The monoisotopic (exact) mass is 298 g/mol. The highest BCUT2D eigenvalue weighted by Gasteiger charge is 2.18. The SMILES string of the molecule is CCC1CN(Cc2ccc(Br)c(N)c2)CCO1. The maximum Gasteiger partial charge on any atom is 0.0700 e. The van der Waals surface area contributed by atoms with E-state index in [0.717, 1.165) is 42.8 Å². The van der Waals surface area contributed by atoms with Gasteiger partial charge in [0, 0.05) is 29.8 Å². The molecule has 1 unspecified atom stereocenters. The first kappa shape index (κ1) is 12.9. The van der Waals surface area contributed by atoms with E-state index < -0.39 is 0 Å². The van der Waals surface area contributed by atoms with Gasteiger partial charge in [0.05, 0.1) is 12.7 Å². The Morgan fingerprint density at radius 3 is 3.06 bits per heavy atom. The fourth-order valence-electron chi connectivity index (χ4n) is 2.12. The van der Waals surface area contributed by atoms with Crippen molar-refractivity contribution in [2.75, 3.05) is 25.4 Å². The van der Waals surface area contributed by atoms with E-state index in [2.05, 4.69) is 33.8 Å². The number of benzene rings is 1. The van der Waals surface area contributed by atoms with Gasteiger partial charge in [0.25, 0.3) is 0 Å². The molecule has 1 heterocycles. The zero-order valence-electron chi connectivity index (χ0n) is 10.2. The summed E-state index contributed by atoms with van der Waals surface area (Å²) in [5.74, 6) is 0. The van der Waals surface area contributed by atoms with E-state index in [-0.39, 0.29) is 0 Å². The number of anilines is 1. The average molecular weight is 299 g/mol. The molecule has 94 valence electrons. The third-order valence-corrected chi connectivity index (χ3v) is 3.87. The molecule has 1 atom stereocenters. The van der Waals surface area contributed by atoms with Crippen LogP contribution in [-0.4, -0.2) is 30.7 Å². The fourth-order valence-corrected chi connectivity index (χ4v) is 2.37. The number of ether oxygens (including phenoxy) is 1. The molecule has 2 rings (SSSR count). The summed E-state index contributed by atoms with van der Waals surface area (Å²) >= 11 is 3.42. The lowest BCUT2D eigenvalue weighted by atomic mass is 10.1. The molecule has 17 heavy (non-hydrogen) atoms. The standard InChI is InChI=1S/C13H19BrN2O/c1-2-11-9-16(5-6-17-11)8-10-3-4-12(14)13(15)7-10/h3-4,7,11H,2,5-6,8-9,15H2,1H3. The molecule has 0 radical (unpaired) electrons. The lowest BCUT2D eigenvalue weighted by molar-refractivity contribution is -0.0324. The molecule has 1 aromatic carbocycles. The Kier molecular flexibility index (Phi) is 4.42. The highest BCUT2D eigenvalue weighted by Crippen LogP contribution is 2.21. The van der Waals surface area contributed by atoms with Crippen molar-refractivity contribution in [2.24, 2.45) is 0 Å². The van der Waals surface area contributed by atoms with Crippen LogP contribution in [0.15, 0.2) is 22.7 Å². The fraction of sp³-hybridized carbons (Fsp3) is 0.538. The lowest BCUT2D eigenvalue weighted by Gasteiger charge is -2.32. The average Bonchev–Trinajstić information content (AvgIpc) is 2.34. The lowest BCUT2D eigenvalue weighted by Crippen LogP contribution is -2.41. The number of nitrogens with two attached hydrogens (primary N) is 1. The van der Waals surface area contributed by atoms with Crippen LogP contribution in [0.2, 0.25) is 0 Å². The number of halogens is 1. The van der Waals surface area contributed by atoms with Crippen LogP contribution in [0.4, 0.5) is 5.69 Å². The van der Waals surface area contributed by atoms with Crippen LogP contribution in [0, 0.1) is 0 Å². The zero-order chi connectivity index (χ0) is 12.3. The maximum atomic E-state index is 5.89. The molecule has 3 nitrogen and oxygen atoms in total. The Hall–Kier alpha value is -0.580. The van der Waals surface area contributed by atoms with E-state index in [1.165, 1.54) is 5.56 Å². The second-order valence-electron chi connectivity index (χ2n) is 4.49. The third kappa shape index (κ3) is 3.44. The van der Waals surface area contributed by atoms with Crippen LogP contribution in [0.5, 0.6) is 0 Å². The Morgan fingerprint density at radius 2 is 2.35 bits per heavy atom. The molecule has 1 saturated heterocycles. The molecule has 0 amide bonds. The first-order valence-corrected chi connectivity index (χ1v) is 6.86. The van der Waals surface area contributed by atoms with Gasteiger partial charge in [0.1, 0.15) is 0 Å². The van der Waals surface area contributed by atoms with E-state index in [1.807, 2.05) is 12.1 Å². The molecule has 1 aliphatic rings. The summed E-state index contributed by atoms with van der Waals surface area (Å²) < 4.78 is 6.63. The minimum atomic E-state index is 0.386. The van der Waals surface area contributed by atoms with E-state index >= 15 is 0 Å². The highest BCUT2D eigenvalue weighted by atomic mass is 79.9. The van der Waals surface area contributed by atoms with Crippen molar-refractivity contribution in [3.8, 4) is 0 Å². The topological polar surface area (TPSA) is 38.5 Å². The normalized spacial score (nSPS) is 21.6. The molecule has 2 N–H and O–H groups in total. The summed E-state index contributed by atoms with van der Waals surface area (Å²) in [4.78, 5) is 2.43. The summed E-state index contributed by atoms with van der Waals surface area (Å²) in [5.41, 5.74) is 7.96. The molecule has 0 spiro atoms. The second kappa shape index (κ2) is 5.85. The molecule has 1 fully saturated rings. The summed E-state index contributed by atoms with van der Waals surface area (Å²) in [5, 5.41) is 0. The Morgan fingerprint density at radius 1 is 1.53 bits per heavy atom. The first-order valence-electron chi connectivity index (χ1n) is 6.07. The number of nitrogen functional groups attached to an aromatic ring is 1. The summed E-state index contributed by atoms with van der Waals surface area (Å²) in [6.45, 7) is 5.99. The van der Waals surface area contributed by atoms with E-state index in [4.69, 9.17) is 10.5 Å². The van der Waals surface area contributed by atoms with Gasteiger partial charge >= 0.3 is 0 Å². The molecule has 1 aliphatic heterocycles.